The molecule has 25 heavy (non-hydrogen) atoms. The number of nitrogens with zero attached hydrogens (tertiary/aromatic N) is 2. The molecule has 0 aromatic rings. The number of aliphatic hydroxyl groups is 2. The van der Waals surface area contributed by atoms with Crippen LogP contribution >= 0.6 is 0 Å². The number of amides is 1. The van der Waals surface area contributed by atoms with Gasteiger partial charge in [-0.3, -0.25) is 15.1 Å². The minimum atomic E-state index is -1.16. The fraction of sp³-hybridized carbons (Fsp3) is 0.688. The maximum atomic E-state index is 12.3. The highest BCUT2D eigenvalue weighted by atomic mass is 16.4. The zero-order valence-corrected chi connectivity index (χ0v) is 14.2. The van der Waals surface area contributed by atoms with Crippen molar-refractivity contribution in [3.05, 3.63) is 11.3 Å². The van der Waals surface area contributed by atoms with Crippen molar-refractivity contribution in [2.24, 2.45) is 23.5 Å². The number of aliphatic carboxylic acids is 1. The third kappa shape index (κ3) is 2.62. The van der Waals surface area contributed by atoms with Gasteiger partial charge in [-0.2, -0.15) is 0 Å². The number of hydrogen-bond donors (Lipinski definition) is 5. The van der Waals surface area contributed by atoms with E-state index < -0.39 is 30.0 Å². The van der Waals surface area contributed by atoms with Gasteiger partial charge in [-0.1, -0.05) is 6.92 Å². The fourth-order valence-electron chi connectivity index (χ4n) is 4.40. The minimum absolute atomic E-state index is 0.0137. The van der Waals surface area contributed by atoms with Gasteiger partial charge in [-0.25, -0.2) is 4.79 Å². The second-order valence-electron chi connectivity index (χ2n) is 7.26. The van der Waals surface area contributed by atoms with Gasteiger partial charge in [0.2, 0.25) is 5.91 Å². The lowest BCUT2D eigenvalue weighted by molar-refractivity contribution is -0.163. The molecule has 3 aliphatic rings. The average molecular weight is 352 g/mol. The Morgan fingerprint density at radius 2 is 2.08 bits per heavy atom. The first-order valence-electron chi connectivity index (χ1n) is 8.37. The zero-order valence-electron chi connectivity index (χ0n) is 14.2. The van der Waals surface area contributed by atoms with Gasteiger partial charge >= 0.3 is 5.97 Å². The SMILES string of the molecule is C[C@@H](O)C1C(=O)N2C(C(=O)O)=C(CN3C[C@@H](O)[C@H](C(=N)N)C3)[C@H](C)[C@H]12. The van der Waals surface area contributed by atoms with Crippen molar-refractivity contribution in [3.8, 4) is 0 Å². The summed E-state index contributed by atoms with van der Waals surface area (Å²) in [7, 11) is 0. The molecule has 6 N–H and O–H groups in total. The summed E-state index contributed by atoms with van der Waals surface area (Å²) in [5.74, 6) is -2.86. The van der Waals surface area contributed by atoms with Gasteiger partial charge in [0.25, 0.3) is 0 Å². The molecular weight excluding hydrogens is 328 g/mol. The molecule has 2 saturated heterocycles. The van der Waals surface area contributed by atoms with E-state index in [4.69, 9.17) is 11.1 Å². The van der Waals surface area contributed by atoms with Crippen LogP contribution in [0.5, 0.6) is 0 Å². The number of carboxylic acids is 1. The molecular formula is C16H24N4O5. The summed E-state index contributed by atoms with van der Waals surface area (Å²) in [5, 5.41) is 37.0. The van der Waals surface area contributed by atoms with Gasteiger partial charge in [-0.05, 0) is 12.5 Å². The molecule has 138 valence electrons. The zero-order chi connectivity index (χ0) is 18.6. The number of likely N-dealkylation sites (tertiary alicyclic amines) is 1. The summed E-state index contributed by atoms with van der Waals surface area (Å²) in [6, 6.07) is -0.343. The van der Waals surface area contributed by atoms with Crippen molar-refractivity contribution in [2.45, 2.75) is 32.1 Å². The molecule has 2 fully saturated rings. The molecule has 1 unspecified atom stereocenters. The van der Waals surface area contributed by atoms with Crippen LogP contribution in [0.2, 0.25) is 0 Å². The lowest BCUT2D eigenvalue weighted by Crippen LogP contribution is -2.63. The fourth-order valence-corrected chi connectivity index (χ4v) is 4.40. The van der Waals surface area contributed by atoms with Crippen LogP contribution in [0.4, 0.5) is 0 Å². The number of fused-ring (bicyclic) bond motifs is 1. The second-order valence-corrected chi connectivity index (χ2v) is 7.26. The van der Waals surface area contributed by atoms with Crippen LogP contribution < -0.4 is 5.73 Å². The van der Waals surface area contributed by atoms with Crippen molar-refractivity contribution in [3.63, 3.8) is 0 Å². The molecule has 0 aliphatic carbocycles. The van der Waals surface area contributed by atoms with Crippen molar-refractivity contribution in [1.82, 2.24) is 9.80 Å². The lowest BCUT2D eigenvalue weighted by Gasteiger charge is -2.46. The third-order valence-corrected chi connectivity index (χ3v) is 5.68. The summed E-state index contributed by atoms with van der Waals surface area (Å²) in [4.78, 5) is 27.2. The highest BCUT2D eigenvalue weighted by molar-refractivity contribution is 6.00. The highest BCUT2D eigenvalue weighted by Gasteiger charge is 2.59. The van der Waals surface area contributed by atoms with Crippen LogP contribution in [-0.4, -0.2) is 80.7 Å². The predicted molar refractivity (Wildman–Crippen MR) is 87.5 cm³/mol. The molecule has 0 spiro atoms. The van der Waals surface area contributed by atoms with Crippen LogP contribution in [0.3, 0.4) is 0 Å². The Morgan fingerprint density at radius 1 is 1.44 bits per heavy atom. The Morgan fingerprint density at radius 3 is 2.56 bits per heavy atom. The van der Waals surface area contributed by atoms with Gasteiger partial charge in [0.15, 0.2) is 0 Å². The first-order chi connectivity index (χ1) is 11.6. The van der Waals surface area contributed by atoms with E-state index in [-0.39, 0.29) is 35.9 Å². The van der Waals surface area contributed by atoms with Gasteiger partial charge in [0.05, 0.1) is 35.9 Å². The van der Waals surface area contributed by atoms with Crippen molar-refractivity contribution in [2.75, 3.05) is 19.6 Å². The van der Waals surface area contributed by atoms with E-state index in [1.165, 1.54) is 4.90 Å². The summed E-state index contributed by atoms with van der Waals surface area (Å²) in [6.07, 6.45) is -1.59. The Kier molecular flexibility index (Phi) is 4.34. The smallest absolute Gasteiger partial charge is 0.352 e. The van der Waals surface area contributed by atoms with Crippen LogP contribution in [-0.2, 0) is 9.59 Å². The molecule has 0 aromatic carbocycles. The number of carboxylic acid groups (broad SMARTS) is 1. The molecule has 3 aliphatic heterocycles. The monoisotopic (exact) mass is 352 g/mol. The van der Waals surface area contributed by atoms with Crippen LogP contribution in [0, 0.1) is 23.2 Å². The molecule has 9 nitrogen and oxygen atoms in total. The Bertz CT molecular complexity index is 661. The van der Waals surface area contributed by atoms with E-state index in [1.54, 1.807) is 6.92 Å². The van der Waals surface area contributed by atoms with Crippen molar-refractivity contribution >= 4 is 17.7 Å². The standard InChI is InChI=1S/C16H24N4O5/c1-6-8(3-19-4-9(14(17)18)10(22)5-19)13(16(24)25)20-12(6)11(7(2)21)15(20)23/h6-7,9-12,21-22H,3-5H2,1-2H3,(H3,17,18)(H,24,25)/t6-,7+,9+,10+,11?,12+/m0/s1. The minimum Gasteiger partial charge on any atom is -0.477 e. The molecule has 0 radical (unpaired) electrons. The van der Waals surface area contributed by atoms with Crippen LogP contribution in [0.1, 0.15) is 13.8 Å². The molecule has 0 bridgehead atoms. The summed E-state index contributed by atoms with van der Waals surface area (Å²) in [5.41, 5.74) is 6.10. The number of carbonyl (C=O) groups is 2. The van der Waals surface area contributed by atoms with E-state index in [9.17, 15) is 24.9 Å². The Hall–Kier alpha value is -1.97. The number of nitrogens with one attached hydrogen (secondary N) is 1. The van der Waals surface area contributed by atoms with E-state index in [2.05, 4.69) is 0 Å². The number of β-lactam (4-membered cyclic amide) rings is 1. The van der Waals surface area contributed by atoms with Crippen LogP contribution in [0.25, 0.3) is 0 Å². The largest absolute Gasteiger partial charge is 0.477 e. The first-order valence-corrected chi connectivity index (χ1v) is 8.37. The van der Waals surface area contributed by atoms with Gasteiger partial charge < -0.3 is 26.0 Å². The van der Waals surface area contributed by atoms with Crippen LogP contribution in [0.15, 0.2) is 11.3 Å². The number of carbonyl (C=O) groups excluding carboxylic acids is 1. The van der Waals surface area contributed by atoms with Crippen molar-refractivity contribution < 1.29 is 24.9 Å². The molecule has 3 heterocycles. The molecule has 6 atom stereocenters. The maximum absolute atomic E-state index is 12.3. The Labute approximate surface area is 145 Å². The van der Waals surface area contributed by atoms with Gasteiger partial charge in [0, 0.05) is 25.6 Å². The number of aliphatic hydroxyl groups excluding tert-OH is 2. The van der Waals surface area contributed by atoms with Gasteiger partial charge in [-0.15, -0.1) is 0 Å². The van der Waals surface area contributed by atoms with E-state index in [0.29, 0.717) is 18.7 Å². The molecule has 9 heteroatoms. The summed E-state index contributed by atoms with van der Waals surface area (Å²) < 4.78 is 0. The number of amidine groups is 1. The first kappa shape index (κ1) is 17.8. The molecule has 0 aromatic heterocycles. The molecule has 3 rings (SSSR count). The predicted octanol–water partition coefficient (Wildman–Crippen LogP) is -1.59. The normalized spacial score (nSPS) is 36.4. The average Bonchev–Trinajstić information content (AvgIpc) is 2.97. The quantitative estimate of drug-likeness (QED) is 0.227. The number of β-amino-alcohol motifs (C(OH)–C–C–N with tert-alkyl or cyclic N) is 1. The third-order valence-electron chi connectivity index (χ3n) is 5.68. The van der Waals surface area contributed by atoms with Crippen molar-refractivity contribution in [1.29, 1.82) is 5.41 Å². The van der Waals surface area contributed by atoms with E-state index in [0.717, 1.165) is 0 Å². The number of rotatable bonds is 5. The van der Waals surface area contributed by atoms with Gasteiger partial charge in [0.1, 0.15) is 5.70 Å². The topological polar surface area (TPSA) is 151 Å². The molecule has 0 saturated carbocycles. The highest BCUT2D eigenvalue weighted by Crippen LogP contribution is 2.47. The van der Waals surface area contributed by atoms with E-state index in [1.807, 2.05) is 11.8 Å². The number of hydrogen-bond acceptors (Lipinski definition) is 6. The second kappa shape index (κ2) is 6.08. The van der Waals surface area contributed by atoms with E-state index >= 15 is 0 Å². The summed E-state index contributed by atoms with van der Waals surface area (Å²) >= 11 is 0. The number of nitrogens with two attached hydrogens (primary N) is 1. The summed E-state index contributed by atoms with van der Waals surface area (Å²) in [6.45, 7) is 4.36. The Balaban J connectivity index is 1.84. The molecule has 1 amide bonds. The lowest BCUT2D eigenvalue weighted by atomic mass is 9.77. The maximum Gasteiger partial charge on any atom is 0.352 e.